The molecule has 0 aliphatic carbocycles. The molecule has 1 aliphatic rings. The van der Waals surface area contributed by atoms with Gasteiger partial charge in [-0.1, -0.05) is 36.4 Å². The van der Waals surface area contributed by atoms with Gasteiger partial charge in [-0.3, -0.25) is 9.69 Å². The van der Waals surface area contributed by atoms with Gasteiger partial charge in [0.1, 0.15) is 5.01 Å². The van der Waals surface area contributed by atoms with Crippen LogP contribution >= 0.6 is 22.7 Å². The molecule has 1 saturated heterocycles. The van der Waals surface area contributed by atoms with E-state index in [1.165, 1.54) is 15.3 Å². The van der Waals surface area contributed by atoms with Crippen LogP contribution in [0.25, 0.3) is 9.88 Å². The van der Waals surface area contributed by atoms with Crippen LogP contribution in [0.3, 0.4) is 0 Å². The summed E-state index contributed by atoms with van der Waals surface area (Å²) in [5, 5.41) is 6.15. The Bertz CT molecular complexity index is 829. The van der Waals surface area contributed by atoms with E-state index >= 15 is 0 Å². The number of carbonyl (C=O) groups is 1. The molecule has 0 bridgehead atoms. The summed E-state index contributed by atoms with van der Waals surface area (Å²) >= 11 is 3.46. The van der Waals surface area contributed by atoms with E-state index in [9.17, 15) is 4.79 Å². The Balaban J connectivity index is 1.57. The molecule has 3 aromatic rings. The summed E-state index contributed by atoms with van der Waals surface area (Å²) in [6.45, 7) is 2.36. The molecule has 3 heterocycles. The first kappa shape index (κ1) is 16.4. The number of nitrogens with zero attached hydrogens (tertiary/aromatic N) is 2. The van der Waals surface area contributed by atoms with Crippen molar-refractivity contribution in [2.75, 3.05) is 13.1 Å². The third kappa shape index (κ3) is 3.81. The van der Waals surface area contributed by atoms with Gasteiger partial charge in [-0.2, -0.15) is 0 Å². The predicted molar refractivity (Wildman–Crippen MR) is 103 cm³/mol. The highest BCUT2D eigenvalue weighted by atomic mass is 32.1. The number of benzene rings is 1. The molecule has 1 amide bonds. The summed E-state index contributed by atoms with van der Waals surface area (Å²) in [7, 11) is 0. The molecule has 25 heavy (non-hydrogen) atoms. The van der Waals surface area contributed by atoms with E-state index in [1.807, 2.05) is 24.4 Å². The van der Waals surface area contributed by atoms with Crippen LogP contribution in [0.1, 0.15) is 22.9 Å². The van der Waals surface area contributed by atoms with E-state index in [2.05, 4.69) is 44.8 Å². The Hall–Kier alpha value is -2.02. The van der Waals surface area contributed by atoms with Gasteiger partial charge in [0.05, 0.1) is 4.88 Å². The fourth-order valence-electron chi connectivity index (χ4n) is 3.16. The number of hydrogen-bond donors (Lipinski definition) is 1. The minimum atomic E-state index is 0.107. The van der Waals surface area contributed by atoms with E-state index in [0.717, 1.165) is 18.1 Å². The van der Waals surface area contributed by atoms with Crippen LogP contribution in [0.4, 0.5) is 0 Å². The van der Waals surface area contributed by atoms with Gasteiger partial charge in [0.25, 0.3) is 0 Å². The number of hydrogen-bond acceptors (Lipinski definition) is 5. The maximum absolute atomic E-state index is 12.1. The first-order valence-electron chi connectivity index (χ1n) is 8.34. The van der Waals surface area contributed by atoms with E-state index in [0.29, 0.717) is 13.0 Å². The van der Waals surface area contributed by atoms with Gasteiger partial charge in [-0.15, -0.1) is 22.7 Å². The number of thiazole rings is 1. The van der Waals surface area contributed by atoms with Gasteiger partial charge in [0, 0.05) is 43.2 Å². The average Bonchev–Trinajstić information content (AvgIpc) is 3.28. The minimum Gasteiger partial charge on any atom is -0.355 e. The second-order valence-corrected chi connectivity index (χ2v) is 8.12. The Morgan fingerprint density at radius 1 is 1.20 bits per heavy atom. The largest absolute Gasteiger partial charge is 0.355 e. The Kier molecular flexibility index (Phi) is 4.92. The quantitative estimate of drug-likeness (QED) is 0.758. The number of aromatic nitrogens is 1. The molecule has 1 unspecified atom stereocenters. The zero-order valence-corrected chi connectivity index (χ0v) is 15.4. The number of carbonyl (C=O) groups excluding carboxylic acids is 1. The zero-order chi connectivity index (χ0) is 17.1. The fourth-order valence-corrected chi connectivity index (χ4v) is 4.90. The Morgan fingerprint density at radius 3 is 2.88 bits per heavy atom. The van der Waals surface area contributed by atoms with Crippen molar-refractivity contribution in [2.45, 2.75) is 19.0 Å². The van der Waals surface area contributed by atoms with Gasteiger partial charge < -0.3 is 5.32 Å². The molecule has 1 fully saturated rings. The summed E-state index contributed by atoms with van der Waals surface area (Å²) in [4.78, 5) is 21.5. The Morgan fingerprint density at radius 2 is 2.08 bits per heavy atom. The maximum Gasteiger partial charge on any atom is 0.221 e. The molecule has 2 aromatic heterocycles. The maximum atomic E-state index is 12.1. The normalized spacial score (nSPS) is 18.7. The van der Waals surface area contributed by atoms with Crippen molar-refractivity contribution in [3.05, 3.63) is 64.5 Å². The number of amides is 1. The van der Waals surface area contributed by atoms with Crippen LogP contribution in [0.15, 0.2) is 54.0 Å². The molecule has 1 aliphatic heterocycles. The van der Waals surface area contributed by atoms with Crippen LogP contribution in [0.5, 0.6) is 0 Å². The van der Waals surface area contributed by atoms with Crippen molar-refractivity contribution >= 4 is 28.6 Å². The highest BCUT2D eigenvalue weighted by molar-refractivity contribution is 7.20. The molecule has 0 saturated carbocycles. The fraction of sp³-hybridized carbons (Fsp3) is 0.263. The third-order valence-electron chi connectivity index (χ3n) is 4.37. The molecule has 0 spiro atoms. The van der Waals surface area contributed by atoms with E-state index < -0.39 is 0 Å². The molecule has 0 radical (unpaired) electrons. The monoisotopic (exact) mass is 369 g/mol. The molecule has 128 valence electrons. The van der Waals surface area contributed by atoms with Crippen LogP contribution < -0.4 is 5.32 Å². The molecule has 4 rings (SSSR count). The highest BCUT2D eigenvalue weighted by Crippen LogP contribution is 2.32. The van der Waals surface area contributed by atoms with Crippen LogP contribution in [0.2, 0.25) is 0 Å². The highest BCUT2D eigenvalue weighted by Gasteiger charge is 2.26. The SMILES string of the molecule is O=C1CC(c2ccccc2)N(Cc2cnc(-c3cccs3)s2)CCN1. The zero-order valence-electron chi connectivity index (χ0n) is 13.7. The molecule has 4 nitrogen and oxygen atoms in total. The van der Waals surface area contributed by atoms with Crippen LogP contribution in [0, 0.1) is 0 Å². The van der Waals surface area contributed by atoms with Crippen molar-refractivity contribution < 1.29 is 4.79 Å². The van der Waals surface area contributed by atoms with Gasteiger partial charge >= 0.3 is 0 Å². The first-order chi connectivity index (χ1) is 12.3. The summed E-state index contributed by atoms with van der Waals surface area (Å²) < 4.78 is 0. The lowest BCUT2D eigenvalue weighted by Gasteiger charge is -2.28. The second-order valence-electron chi connectivity index (χ2n) is 6.06. The summed E-state index contributed by atoms with van der Waals surface area (Å²) in [5.74, 6) is 0.125. The van der Waals surface area contributed by atoms with Crippen molar-refractivity contribution in [1.82, 2.24) is 15.2 Å². The lowest BCUT2D eigenvalue weighted by atomic mass is 10.0. The average molecular weight is 370 g/mol. The van der Waals surface area contributed by atoms with Gasteiger partial charge in [0.15, 0.2) is 0 Å². The van der Waals surface area contributed by atoms with Crippen LogP contribution in [-0.4, -0.2) is 28.9 Å². The van der Waals surface area contributed by atoms with E-state index in [-0.39, 0.29) is 11.9 Å². The Labute approximate surface area is 155 Å². The predicted octanol–water partition coefficient (Wildman–Crippen LogP) is 3.93. The van der Waals surface area contributed by atoms with Crippen molar-refractivity contribution in [2.24, 2.45) is 0 Å². The van der Waals surface area contributed by atoms with Gasteiger partial charge in [-0.05, 0) is 17.0 Å². The molecule has 1 N–H and O–H groups in total. The standard InChI is InChI=1S/C19H19N3OS2/c23-18-11-16(14-5-2-1-3-6-14)22(9-8-20-18)13-15-12-21-19(25-15)17-7-4-10-24-17/h1-7,10,12,16H,8-9,11,13H2,(H,20,23). The van der Waals surface area contributed by atoms with E-state index in [4.69, 9.17) is 0 Å². The summed E-state index contributed by atoms with van der Waals surface area (Å²) in [6, 6.07) is 14.6. The van der Waals surface area contributed by atoms with Gasteiger partial charge in [0.2, 0.25) is 5.91 Å². The van der Waals surface area contributed by atoms with Crippen molar-refractivity contribution in [1.29, 1.82) is 0 Å². The molecular formula is C19H19N3OS2. The smallest absolute Gasteiger partial charge is 0.221 e. The molecular weight excluding hydrogens is 350 g/mol. The third-order valence-corrected chi connectivity index (χ3v) is 6.39. The van der Waals surface area contributed by atoms with Crippen molar-refractivity contribution in [3.63, 3.8) is 0 Å². The van der Waals surface area contributed by atoms with Crippen LogP contribution in [-0.2, 0) is 11.3 Å². The lowest BCUT2D eigenvalue weighted by Crippen LogP contribution is -2.30. The number of nitrogens with one attached hydrogen (secondary N) is 1. The van der Waals surface area contributed by atoms with Gasteiger partial charge in [-0.25, -0.2) is 4.98 Å². The van der Waals surface area contributed by atoms with E-state index in [1.54, 1.807) is 22.7 Å². The second kappa shape index (κ2) is 7.47. The number of rotatable bonds is 4. The summed E-state index contributed by atoms with van der Waals surface area (Å²) in [5.41, 5.74) is 1.20. The van der Waals surface area contributed by atoms with Crippen molar-refractivity contribution in [3.8, 4) is 9.88 Å². The first-order valence-corrected chi connectivity index (χ1v) is 10.0. The minimum absolute atomic E-state index is 0.107. The summed E-state index contributed by atoms with van der Waals surface area (Å²) in [6.07, 6.45) is 2.47. The molecule has 6 heteroatoms. The number of thiophene rings is 1. The topological polar surface area (TPSA) is 45.2 Å². The molecule has 1 aromatic carbocycles. The molecule has 1 atom stereocenters. The lowest BCUT2D eigenvalue weighted by molar-refractivity contribution is -0.121.